The molecule has 1 atom stereocenters. The molecule has 0 amide bonds. The van der Waals surface area contributed by atoms with E-state index in [1.54, 1.807) is 6.07 Å². The van der Waals surface area contributed by atoms with Gasteiger partial charge in [-0.3, -0.25) is 19.2 Å². The molecule has 16 heteroatoms. The van der Waals surface area contributed by atoms with Gasteiger partial charge in [0.05, 0.1) is 76.6 Å². The number of hydrogen-bond donors (Lipinski definition) is 0. The standard InChI is InChI=1S/C53H68N2O12S2/c1-4-44(56)62-26-6-8-28-64-49(58)38-18-10-34(11-19-38)36-14-22-40(23-15-36)51(60)66-43-30-33(3)46(48-47(43)68-53(69-48)42(31-54)32-55)67-52(61)41-24-16-37(17-25-41)35-12-20-39(21-13-35)50(59)65-29-9-7-27-63-45(57)5-2/h4-5,30,34-42,53H,1-2,6-29H2,3H3. The summed E-state index contributed by atoms with van der Waals surface area (Å²) in [5.74, 6) is -0.825. The number of fused-ring (bicyclic) bond motifs is 1. The average molecular weight is 989 g/mol. The van der Waals surface area contributed by atoms with Crippen LogP contribution in [0.4, 0.5) is 0 Å². The number of aryl methyl sites for hydroxylation is 1. The Balaban J connectivity index is 0.947. The van der Waals surface area contributed by atoms with E-state index in [4.69, 9.17) is 28.4 Å². The van der Waals surface area contributed by atoms with Gasteiger partial charge in [0.1, 0.15) is 11.5 Å². The average Bonchev–Trinajstić information content (AvgIpc) is 3.82. The first-order valence-corrected chi connectivity index (χ1v) is 26.8. The summed E-state index contributed by atoms with van der Waals surface area (Å²) >= 11 is 2.61. The second-order valence-corrected chi connectivity index (χ2v) is 21.9. The van der Waals surface area contributed by atoms with Crippen LogP contribution in [0.25, 0.3) is 0 Å². The van der Waals surface area contributed by atoms with Gasteiger partial charge in [-0.1, -0.05) is 13.2 Å². The summed E-state index contributed by atoms with van der Waals surface area (Å²) in [5, 5.41) is 19.6. The van der Waals surface area contributed by atoms with E-state index in [0.717, 1.165) is 89.2 Å². The highest BCUT2D eigenvalue weighted by Crippen LogP contribution is 2.59. The van der Waals surface area contributed by atoms with Crippen LogP contribution in [-0.4, -0.2) is 66.8 Å². The second kappa shape index (κ2) is 27.0. The van der Waals surface area contributed by atoms with E-state index in [1.807, 2.05) is 6.92 Å². The van der Waals surface area contributed by atoms with Gasteiger partial charge < -0.3 is 28.4 Å². The normalized spacial score (nSPS) is 26.5. The Bertz CT molecular complexity index is 2070. The summed E-state index contributed by atoms with van der Waals surface area (Å²) in [6.45, 7) is 9.72. The molecule has 0 radical (unpaired) electrons. The third-order valence-corrected chi connectivity index (χ3v) is 17.9. The Hall–Kier alpha value is -4.80. The van der Waals surface area contributed by atoms with Crippen LogP contribution >= 0.6 is 23.5 Å². The summed E-state index contributed by atoms with van der Waals surface area (Å²) < 4.78 is 32.9. The van der Waals surface area contributed by atoms with Crippen LogP contribution in [0.5, 0.6) is 11.5 Å². The minimum Gasteiger partial charge on any atom is -0.465 e. The molecule has 1 aromatic carbocycles. The predicted molar refractivity (Wildman–Crippen MR) is 257 cm³/mol. The van der Waals surface area contributed by atoms with Crippen LogP contribution in [0.15, 0.2) is 41.2 Å². The molecule has 1 aromatic rings. The molecule has 69 heavy (non-hydrogen) atoms. The first-order valence-electron chi connectivity index (χ1n) is 25.1. The van der Waals surface area contributed by atoms with E-state index in [0.29, 0.717) is 115 Å². The largest absolute Gasteiger partial charge is 0.465 e. The van der Waals surface area contributed by atoms with E-state index in [9.17, 15) is 39.3 Å². The lowest BCUT2D eigenvalue weighted by Gasteiger charge is -2.37. The topological polar surface area (TPSA) is 205 Å². The lowest BCUT2D eigenvalue weighted by atomic mass is 9.69. The van der Waals surface area contributed by atoms with Crippen LogP contribution in [0.1, 0.15) is 134 Å². The van der Waals surface area contributed by atoms with Gasteiger partial charge in [0, 0.05) is 12.2 Å². The van der Waals surface area contributed by atoms with Gasteiger partial charge in [-0.2, -0.15) is 10.5 Å². The Morgan fingerprint density at radius 1 is 0.551 bits per heavy atom. The summed E-state index contributed by atoms with van der Waals surface area (Å²) in [5.41, 5.74) is 0.636. The van der Waals surface area contributed by atoms with E-state index in [-0.39, 0.29) is 60.8 Å². The van der Waals surface area contributed by atoms with Crippen LogP contribution in [0.3, 0.4) is 0 Å². The van der Waals surface area contributed by atoms with E-state index in [2.05, 4.69) is 25.3 Å². The molecule has 4 aliphatic carbocycles. The van der Waals surface area contributed by atoms with E-state index >= 15 is 0 Å². The first-order chi connectivity index (χ1) is 33.4. The number of thioether (sulfide) groups is 2. The van der Waals surface area contributed by atoms with Gasteiger partial charge in [-0.15, -0.1) is 23.5 Å². The molecular weight excluding hydrogens is 921 g/mol. The van der Waals surface area contributed by atoms with E-state index < -0.39 is 22.4 Å². The van der Waals surface area contributed by atoms with Crippen molar-refractivity contribution >= 4 is 59.3 Å². The summed E-state index contributed by atoms with van der Waals surface area (Å²) in [7, 11) is 0. The van der Waals surface area contributed by atoms with Crippen molar-refractivity contribution in [1.82, 2.24) is 0 Å². The first kappa shape index (κ1) is 53.5. The fraction of sp³-hybridized carbons (Fsp3) is 0.660. The molecule has 1 unspecified atom stereocenters. The molecule has 0 bridgehead atoms. The van der Waals surface area contributed by atoms with Gasteiger partial charge in [0.2, 0.25) is 0 Å². The Kier molecular flexibility index (Phi) is 20.9. The number of unbranched alkanes of at least 4 members (excludes halogenated alkanes) is 2. The molecular formula is C53H68N2O12S2. The third-order valence-electron chi connectivity index (χ3n) is 14.9. The Morgan fingerprint density at radius 2 is 0.899 bits per heavy atom. The lowest BCUT2D eigenvalue weighted by Crippen LogP contribution is -2.32. The van der Waals surface area contributed by atoms with Crippen molar-refractivity contribution in [2.45, 2.75) is 150 Å². The number of rotatable bonds is 21. The highest BCUT2D eigenvalue weighted by atomic mass is 32.2. The molecule has 374 valence electrons. The zero-order valence-electron chi connectivity index (χ0n) is 40.0. The number of esters is 6. The fourth-order valence-corrected chi connectivity index (χ4v) is 13.8. The van der Waals surface area contributed by atoms with Gasteiger partial charge >= 0.3 is 35.8 Å². The second-order valence-electron chi connectivity index (χ2n) is 19.3. The molecule has 1 heterocycles. The quantitative estimate of drug-likeness (QED) is 0.0369. The molecule has 6 rings (SSSR count). The van der Waals surface area contributed by atoms with Crippen molar-refractivity contribution in [2.75, 3.05) is 26.4 Å². The number of hydrogen-bond acceptors (Lipinski definition) is 16. The Morgan fingerprint density at radius 3 is 1.28 bits per heavy atom. The van der Waals surface area contributed by atoms with Crippen LogP contribution < -0.4 is 9.47 Å². The van der Waals surface area contributed by atoms with E-state index in [1.165, 1.54) is 23.5 Å². The maximum Gasteiger partial charge on any atom is 0.330 e. The number of nitriles is 2. The van der Waals surface area contributed by atoms with Crippen molar-refractivity contribution in [1.29, 1.82) is 10.5 Å². The summed E-state index contributed by atoms with van der Waals surface area (Å²) in [4.78, 5) is 76.6. The van der Waals surface area contributed by atoms with Crippen molar-refractivity contribution in [3.8, 4) is 23.6 Å². The number of ether oxygens (including phenoxy) is 6. The number of carbonyl (C=O) groups excluding carboxylic acids is 6. The van der Waals surface area contributed by atoms with Crippen LogP contribution in [0, 0.1) is 82.8 Å². The zero-order chi connectivity index (χ0) is 49.3. The predicted octanol–water partition coefficient (Wildman–Crippen LogP) is 10.3. The molecule has 4 saturated carbocycles. The molecule has 0 aromatic heterocycles. The van der Waals surface area contributed by atoms with Crippen molar-refractivity contribution < 1.29 is 57.2 Å². The number of benzene rings is 1. The maximum absolute atomic E-state index is 13.8. The molecule has 1 aliphatic heterocycles. The van der Waals surface area contributed by atoms with Gasteiger partial charge in [-0.05, 0) is 171 Å². The molecule has 14 nitrogen and oxygen atoms in total. The maximum atomic E-state index is 13.8. The minimum atomic E-state index is -0.939. The fourth-order valence-electron chi connectivity index (χ4n) is 10.8. The molecule has 0 saturated heterocycles. The molecule has 0 N–H and O–H groups in total. The van der Waals surface area contributed by atoms with Crippen molar-refractivity contribution in [3.63, 3.8) is 0 Å². The van der Waals surface area contributed by atoms with Crippen LogP contribution in [0.2, 0.25) is 0 Å². The third kappa shape index (κ3) is 15.1. The number of carbonyl (C=O) groups is 6. The zero-order valence-corrected chi connectivity index (χ0v) is 41.6. The van der Waals surface area contributed by atoms with Crippen LogP contribution in [-0.2, 0) is 47.7 Å². The summed E-state index contributed by atoms with van der Waals surface area (Å²) in [6.07, 6.45) is 18.2. The molecule has 5 aliphatic rings. The smallest absolute Gasteiger partial charge is 0.330 e. The highest BCUT2D eigenvalue weighted by molar-refractivity contribution is 8.19. The number of nitrogens with zero attached hydrogens (tertiary/aromatic N) is 2. The SMILES string of the molecule is C=CC(=O)OCCCCOC(=O)C1CCC(C2CCC(C(=O)Oc3cc(C)c(OC(=O)C4CCC(C5CCC(C(=O)OCCCCOC(=O)C=C)CC5)CC4)c4c3SC(C(C#N)C#N)S4)CC2)CC1. The summed E-state index contributed by atoms with van der Waals surface area (Å²) in [6, 6.07) is 5.92. The van der Waals surface area contributed by atoms with Crippen molar-refractivity contribution in [3.05, 3.63) is 36.9 Å². The molecule has 4 fully saturated rings. The Labute approximate surface area is 415 Å². The highest BCUT2D eigenvalue weighted by Gasteiger charge is 2.41. The minimum absolute atomic E-state index is 0.102. The molecule has 0 spiro atoms. The van der Waals surface area contributed by atoms with Gasteiger partial charge in [0.15, 0.2) is 5.92 Å². The van der Waals surface area contributed by atoms with Gasteiger partial charge in [0.25, 0.3) is 0 Å². The van der Waals surface area contributed by atoms with Crippen molar-refractivity contribution in [2.24, 2.45) is 53.3 Å². The monoisotopic (exact) mass is 988 g/mol. The van der Waals surface area contributed by atoms with Gasteiger partial charge in [-0.25, -0.2) is 9.59 Å². The lowest BCUT2D eigenvalue weighted by molar-refractivity contribution is -0.151.